The van der Waals surface area contributed by atoms with Crippen LogP contribution in [0.1, 0.15) is 17.8 Å². The van der Waals surface area contributed by atoms with E-state index in [1.807, 2.05) is 20.2 Å². The largest absolute Gasteiger partial charge is 0.378 e. The fraction of sp³-hybridized carbons (Fsp3) is 0.364. The second kappa shape index (κ2) is 9.26. The van der Waals surface area contributed by atoms with Crippen LogP contribution in [0.25, 0.3) is 11.0 Å². The van der Waals surface area contributed by atoms with Gasteiger partial charge in [-0.15, -0.1) is 0 Å². The van der Waals surface area contributed by atoms with Gasteiger partial charge in [-0.3, -0.25) is 4.99 Å². The molecular weight excluding hydrogens is 348 g/mol. The van der Waals surface area contributed by atoms with Crippen LogP contribution < -0.4 is 15.5 Å². The summed E-state index contributed by atoms with van der Waals surface area (Å²) in [5.74, 6) is 1.88. The van der Waals surface area contributed by atoms with E-state index >= 15 is 0 Å². The van der Waals surface area contributed by atoms with Gasteiger partial charge in [0.25, 0.3) is 0 Å². The number of hydrogen-bond donors (Lipinski definition) is 2. The molecule has 0 fully saturated rings. The summed E-state index contributed by atoms with van der Waals surface area (Å²) >= 11 is 0. The van der Waals surface area contributed by atoms with Crippen molar-refractivity contribution in [2.45, 2.75) is 26.4 Å². The van der Waals surface area contributed by atoms with Crippen molar-refractivity contribution in [3.8, 4) is 0 Å². The standard InChI is InChI=1S/C22H30N6/c1-17-26-20-8-5-6-9-21(20)28(17)15-7-14-24-22(23-2)25-16-18-10-12-19(13-11-18)27(3)4/h5-6,8-13H,7,14-16H2,1-4H3,(H2,23,24,25). The monoisotopic (exact) mass is 378 g/mol. The molecule has 0 spiro atoms. The van der Waals surface area contributed by atoms with E-state index in [0.717, 1.165) is 43.4 Å². The molecule has 0 aliphatic carbocycles. The molecular formula is C22H30N6. The van der Waals surface area contributed by atoms with Crippen molar-refractivity contribution in [1.82, 2.24) is 20.2 Å². The van der Waals surface area contributed by atoms with Crippen LogP contribution in [0, 0.1) is 6.92 Å². The Morgan fingerprint density at radius 1 is 1.07 bits per heavy atom. The van der Waals surface area contributed by atoms with Gasteiger partial charge in [0, 0.05) is 46.5 Å². The summed E-state index contributed by atoms with van der Waals surface area (Å²) in [7, 11) is 5.90. The van der Waals surface area contributed by atoms with Crippen molar-refractivity contribution in [3.63, 3.8) is 0 Å². The smallest absolute Gasteiger partial charge is 0.191 e. The predicted molar refractivity (Wildman–Crippen MR) is 118 cm³/mol. The molecule has 2 aromatic carbocycles. The quantitative estimate of drug-likeness (QED) is 0.377. The number of benzene rings is 2. The van der Waals surface area contributed by atoms with Gasteiger partial charge < -0.3 is 20.1 Å². The Kier molecular flexibility index (Phi) is 6.53. The van der Waals surface area contributed by atoms with E-state index in [1.165, 1.54) is 16.8 Å². The first-order valence-electron chi connectivity index (χ1n) is 9.71. The van der Waals surface area contributed by atoms with Gasteiger partial charge in [-0.2, -0.15) is 0 Å². The molecule has 3 aromatic rings. The average Bonchev–Trinajstić information content (AvgIpc) is 3.03. The summed E-state index contributed by atoms with van der Waals surface area (Å²) in [6.07, 6.45) is 0.999. The highest BCUT2D eigenvalue weighted by Gasteiger charge is 2.06. The number of fused-ring (bicyclic) bond motifs is 1. The highest BCUT2D eigenvalue weighted by atomic mass is 15.2. The summed E-state index contributed by atoms with van der Waals surface area (Å²) < 4.78 is 2.28. The number of imidazole rings is 1. The first kappa shape index (κ1) is 19.7. The number of aromatic nitrogens is 2. The number of nitrogens with one attached hydrogen (secondary N) is 2. The highest BCUT2D eigenvalue weighted by molar-refractivity contribution is 5.79. The third-order valence-electron chi connectivity index (χ3n) is 4.83. The molecule has 0 saturated heterocycles. The van der Waals surface area contributed by atoms with Gasteiger partial charge in [-0.1, -0.05) is 24.3 Å². The minimum Gasteiger partial charge on any atom is -0.378 e. The van der Waals surface area contributed by atoms with Crippen LogP contribution in [-0.2, 0) is 13.1 Å². The molecule has 6 heteroatoms. The molecule has 0 saturated carbocycles. The maximum Gasteiger partial charge on any atom is 0.191 e. The Balaban J connectivity index is 1.46. The van der Waals surface area contributed by atoms with E-state index in [-0.39, 0.29) is 0 Å². The Bertz CT molecular complexity index is 924. The first-order valence-corrected chi connectivity index (χ1v) is 9.71. The number of para-hydroxylation sites is 2. The molecule has 0 atom stereocenters. The predicted octanol–water partition coefficient (Wildman–Crippen LogP) is 3.17. The van der Waals surface area contributed by atoms with E-state index in [2.05, 4.69) is 79.5 Å². The molecule has 6 nitrogen and oxygen atoms in total. The molecule has 0 aliphatic heterocycles. The van der Waals surface area contributed by atoms with Crippen LogP contribution in [0.2, 0.25) is 0 Å². The SMILES string of the molecule is CN=C(NCCCn1c(C)nc2ccccc21)NCc1ccc(N(C)C)cc1. The summed E-state index contributed by atoms with van der Waals surface area (Å²) in [4.78, 5) is 11.0. The van der Waals surface area contributed by atoms with E-state index in [9.17, 15) is 0 Å². The molecule has 0 bridgehead atoms. The lowest BCUT2D eigenvalue weighted by molar-refractivity contribution is 0.624. The van der Waals surface area contributed by atoms with E-state index < -0.39 is 0 Å². The molecule has 3 rings (SSSR count). The summed E-state index contributed by atoms with van der Waals surface area (Å²) in [6.45, 7) is 4.60. The fourth-order valence-electron chi connectivity index (χ4n) is 3.24. The second-order valence-corrected chi connectivity index (χ2v) is 7.07. The Hall–Kier alpha value is -3.02. The number of rotatable bonds is 7. The third-order valence-corrected chi connectivity index (χ3v) is 4.83. The van der Waals surface area contributed by atoms with E-state index in [0.29, 0.717) is 0 Å². The summed E-state index contributed by atoms with van der Waals surface area (Å²) in [6, 6.07) is 16.8. The van der Waals surface area contributed by atoms with Gasteiger partial charge in [-0.05, 0) is 43.2 Å². The highest BCUT2D eigenvalue weighted by Crippen LogP contribution is 2.15. The molecule has 2 N–H and O–H groups in total. The van der Waals surface area contributed by atoms with E-state index in [1.54, 1.807) is 7.05 Å². The number of aryl methyl sites for hydroxylation is 2. The van der Waals surface area contributed by atoms with Crippen molar-refractivity contribution in [3.05, 3.63) is 59.9 Å². The van der Waals surface area contributed by atoms with Crippen LogP contribution in [0.4, 0.5) is 5.69 Å². The second-order valence-electron chi connectivity index (χ2n) is 7.07. The number of guanidine groups is 1. The molecule has 28 heavy (non-hydrogen) atoms. The lowest BCUT2D eigenvalue weighted by Crippen LogP contribution is -2.37. The fourth-order valence-corrected chi connectivity index (χ4v) is 3.24. The van der Waals surface area contributed by atoms with Crippen molar-refractivity contribution in [1.29, 1.82) is 0 Å². The normalized spacial score (nSPS) is 11.6. The van der Waals surface area contributed by atoms with Gasteiger partial charge in [-0.25, -0.2) is 4.98 Å². The van der Waals surface area contributed by atoms with Crippen molar-refractivity contribution >= 4 is 22.7 Å². The molecule has 148 valence electrons. The van der Waals surface area contributed by atoms with Crippen LogP contribution in [0.15, 0.2) is 53.5 Å². The van der Waals surface area contributed by atoms with Crippen molar-refractivity contribution < 1.29 is 0 Å². The number of hydrogen-bond acceptors (Lipinski definition) is 3. The van der Waals surface area contributed by atoms with Crippen LogP contribution in [0.5, 0.6) is 0 Å². The van der Waals surface area contributed by atoms with Crippen LogP contribution >= 0.6 is 0 Å². The zero-order valence-corrected chi connectivity index (χ0v) is 17.2. The van der Waals surface area contributed by atoms with Crippen molar-refractivity contribution in [2.24, 2.45) is 4.99 Å². The molecule has 1 heterocycles. The van der Waals surface area contributed by atoms with Gasteiger partial charge in [0.15, 0.2) is 5.96 Å². The zero-order valence-electron chi connectivity index (χ0n) is 17.2. The first-order chi connectivity index (χ1) is 13.6. The Labute approximate surface area is 167 Å². The average molecular weight is 379 g/mol. The van der Waals surface area contributed by atoms with Gasteiger partial charge in [0.2, 0.25) is 0 Å². The summed E-state index contributed by atoms with van der Waals surface area (Å²) in [5, 5.41) is 6.77. The van der Waals surface area contributed by atoms with E-state index in [4.69, 9.17) is 0 Å². The zero-order chi connectivity index (χ0) is 19.9. The maximum absolute atomic E-state index is 4.63. The molecule has 0 radical (unpaired) electrons. The minimum atomic E-state index is 0.749. The number of nitrogens with zero attached hydrogens (tertiary/aromatic N) is 4. The van der Waals surface area contributed by atoms with Crippen LogP contribution in [-0.4, -0.2) is 43.2 Å². The van der Waals surface area contributed by atoms with Gasteiger partial charge in [0.1, 0.15) is 5.82 Å². The summed E-state index contributed by atoms with van der Waals surface area (Å²) in [5.41, 5.74) is 4.69. The third kappa shape index (κ3) is 4.82. The molecule has 1 aromatic heterocycles. The number of aliphatic imine (C=N–C) groups is 1. The van der Waals surface area contributed by atoms with Crippen molar-refractivity contribution in [2.75, 3.05) is 32.6 Å². The topological polar surface area (TPSA) is 57.5 Å². The lowest BCUT2D eigenvalue weighted by Gasteiger charge is -2.14. The van der Waals surface area contributed by atoms with Crippen LogP contribution in [0.3, 0.4) is 0 Å². The lowest BCUT2D eigenvalue weighted by atomic mass is 10.2. The number of anilines is 1. The molecule has 0 aliphatic rings. The molecule has 0 unspecified atom stereocenters. The van der Waals surface area contributed by atoms with Gasteiger partial charge >= 0.3 is 0 Å². The minimum absolute atomic E-state index is 0.749. The van der Waals surface area contributed by atoms with Gasteiger partial charge in [0.05, 0.1) is 11.0 Å². The molecule has 0 amide bonds. The Morgan fingerprint density at radius 3 is 2.54 bits per heavy atom. The maximum atomic E-state index is 4.63. The Morgan fingerprint density at radius 2 is 1.82 bits per heavy atom.